The van der Waals surface area contributed by atoms with Crippen molar-refractivity contribution >= 4 is 37.9 Å². The third-order valence-electron chi connectivity index (χ3n) is 4.41. The molecule has 0 aliphatic rings. The second-order valence-electron chi connectivity index (χ2n) is 6.46. The molecule has 0 spiro atoms. The topological polar surface area (TPSA) is 76.8 Å². The highest BCUT2D eigenvalue weighted by atomic mass is 32.2. The minimum absolute atomic E-state index is 0.0308. The fourth-order valence-electron chi connectivity index (χ4n) is 2.93. The van der Waals surface area contributed by atoms with Crippen molar-refractivity contribution in [1.82, 2.24) is 4.31 Å². The molecule has 1 aromatic heterocycles. The summed E-state index contributed by atoms with van der Waals surface area (Å²) in [5.41, 5.74) is 1.60. The van der Waals surface area contributed by atoms with Gasteiger partial charge in [0.05, 0.1) is 10.5 Å². The normalized spacial score (nSPS) is 12.0. The van der Waals surface area contributed by atoms with Crippen LogP contribution in [0, 0.1) is 0 Å². The first-order valence-electron chi connectivity index (χ1n) is 8.52. The Hall–Kier alpha value is -3.16. The van der Waals surface area contributed by atoms with Crippen molar-refractivity contribution in [2.45, 2.75) is 4.90 Å². The van der Waals surface area contributed by atoms with Crippen LogP contribution < -0.4 is 4.74 Å². The van der Waals surface area contributed by atoms with Gasteiger partial charge >= 0.3 is 5.97 Å². The largest absolute Gasteiger partial charge is 0.456 e. The van der Waals surface area contributed by atoms with E-state index in [9.17, 15) is 13.2 Å². The van der Waals surface area contributed by atoms with Gasteiger partial charge in [-0.05, 0) is 42.5 Å². The van der Waals surface area contributed by atoms with Crippen LogP contribution in [-0.2, 0) is 10.0 Å². The quantitative estimate of drug-likeness (QED) is 0.385. The summed E-state index contributed by atoms with van der Waals surface area (Å²) in [7, 11) is -0.768. The number of nitrogens with zero attached hydrogens (tertiary/aromatic N) is 1. The van der Waals surface area contributed by atoms with Crippen LogP contribution in [0.1, 0.15) is 10.4 Å². The molecular formula is C21H17NO5S. The molecule has 0 bridgehead atoms. The average Bonchev–Trinajstić information content (AvgIpc) is 3.06. The zero-order valence-electron chi connectivity index (χ0n) is 15.2. The summed E-state index contributed by atoms with van der Waals surface area (Å²) in [6.07, 6.45) is 0. The second kappa shape index (κ2) is 6.78. The maximum atomic E-state index is 12.5. The molecule has 0 saturated carbocycles. The number of para-hydroxylation sites is 1. The molecule has 0 radical (unpaired) electrons. The molecule has 4 aromatic rings. The van der Waals surface area contributed by atoms with Gasteiger partial charge in [0.1, 0.15) is 16.9 Å². The Kier molecular flexibility index (Phi) is 4.41. The van der Waals surface area contributed by atoms with Gasteiger partial charge in [-0.25, -0.2) is 17.5 Å². The molecule has 142 valence electrons. The van der Waals surface area contributed by atoms with Crippen LogP contribution in [0.25, 0.3) is 21.9 Å². The number of benzene rings is 3. The van der Waals surface area contributed by atoms with E-state index in [-0.39, 0.29) is 10.5 Å². The molecule has 0 N–H and O–H groups in total. The first-order valence-corrected chi connectivity index (χ1v) is 9.96. The lowest BCUT2D eigenvalue weighted by molar-refractivity contribution is 0.0734. The number of esters is 1. The number of sulfonamides is 1. The SMILES string of the molecule is CN(C)S(=O)(=O)c1cccc(C(=O)Oc2ccc3oc4ccccc4c3c2)c1. The van der Waals surface area contributed by atoms with Gasteiger partial charge in [0.15, 0.2) is 0 Å². The van der Waals surface area contributed by atoms with Crippen molar-refractivity contribution in [2.24, 2.45) is 0 Å². The van der Waals surface area contributed by atoms with Crippen LogP contribution in [0.4, 0.5) is 0 Å². The second-order valence-corrected chi connectivity index (χ2v) is 8.61. The van der Waals surface area contributed by atoms with Crippen LogP contribution in [0.15, 0.2) is 76.0 Å². The summed E-state index contributed by atoms with van der Waals surface area (Å²) in [6, 6.07) is 18.5. The maximum Gasteiger partial charge on any atom is 0.343 e. The highest BCUT2D eigenvalue weighted by molar-refractivity contribution is 7.89. The molecule has 0 amide bonds. The molecule has 0 unspecified atom stereocenters. The van der Waals surface area contributed by atoms with E-state index in [4.69, 9.17) is 9.15 Å². The van der Waals surface area contributed by atoms with Crippen LogP contribution >= 0.6 is 0 Å². The van der Waals surface area contributed by atoms with E-state index in [1.54, 1.807) is 18.2 Å². The standard InChI is InChI=1S/C21H17NO5S/c1-22(2)28(24,25)16-7-5-6-14(12-16)21(23)26-15-10-11-20-18(13-15)17-8-3-4-9-19(17)27-20/h3-13H,1-2H3. The van der Waals surface area contributed by atoms with Gasteiger partial charge in [-0.15, -0.1) is 0 Å². The zero-order valence-corrected chi connectivity index (χ0v) is 16.1. The Balaban J connectivity index is 1.66. The molecule has 28 heavy (non-hydrogen) atoms. The third kappa shape index (κ3) is 3.15. The molecular weight excluding hydrogens is 378 g/mol. The molecule has 0 aliphatic heterocycles. The van der Waals surface area contributed by atoms with Crippen molar-refractivity contribution in [3.05, 3.63) is 72.3 Å². The lowest BCUT2D eigenvalue weighted by Gasteiger charge is -2.12. The molecule has 1 heterocycles. The summed E-state index contributed by atoms with van der Waals surface area (Å²) in [5.74, 6) is -0.284. The van der Waals surface area contributed by atoms with Crippen molar-refractivity contribution in [2.75, 3.05) is 14.1 Å². The zero-order chi connectivity index (χ0) is 19.9. The number of ether oxygens (including phenoxy) is 1. The molecule has 3 aromatic carbocycles. The first kappa shape index (κ1) is 18.2. The van der Waals surface area contributed by atoms with Crippen LogP contribution in [-0.4, -0.2) is 32.8 Å². The van der Waals surface area contributed by atoms with Gasteiger partial charge in [0, 0.05) is 24.9 Å². The average molecular weight is 395 g/mol. The van der Waals surface area contributed by atoms with E-state index < -0.39 is 16.0 Å². The van der Waals surface area contributed by atoms with Gasteiger partial charge in [-0.3, -0.25) is 0 Å². The van der Waals surface area contributed by atoms with Gasteiger partial charge < -0.3 is 9.15 Å². The Morgan fingerprint density at radius 1 is 0.893 bits per heavy atom. The van der Waals surface area contributed by atoms with Gasteiger partial charge in [-0.1, -0.05) is 24.3 Å². The number of hydrogen-bond donors (Lipinski definition) is 0. The fraction of sp³-hybridized carbons (Fsp3) is 0.0952. The minimum Gasteiger partial charge on any atom is -0.456 e. The molecule has 6 nitrogen and oxygen atoms in total. The first-order chi connectivity index (χ1) is 13.4. The number of carbonyl (C=O) groups excluding carboxylic acids is 1. The fourth-order valence-corrected chi connectivity index (χ4v) is 3.88. The van der Waals surface area contributed by atoms with Gasteiger partial charge in [0.25, 0.3) is 0 Å². The van der Waals surface area contributed by atoms with E-state index in [2.05, 4.69) is 0 Å². The van der Waals surface area contributed by atoms with Crippen molar-refractivity contribution in [3.8, 4) is 5.75 Å². The smallest absolute Gasteiger partial charge is 0.343 e. The molecule has 0 aliphatic carbocycles. The van der Waals surface area contributed by atoms with Crippen LogP contribution in [0.2, 0.25) is 0 Å². The van der Waals surface area contributed by atoms with E-state index in [0.29, 0.717) is 11.3 Å². The number of hydrogen-bond acceptors (Lipinski definition) is 5. The molecule has 0 saturated heterocycles. The molecule has 4 rings (SSSR count). The summed E-state index contributed by atoms with van der Waals surface area (Å²) in [4.78, 5) is 12.6. The summed E-state index contributed by atoms with van der Waals surface area (Å²) in [5, 5.41) is 1.76. The Morgan fingerprint density at radius 3 is 2.43 bits per heavy atom. The van der Waals surface area contributed by atoms with E-state index in [1.807, 2.05) is 24.3 Å². The minimum atomic E-state index is -3.64. The van der Waals surface area contributed by atoms with Gasteiger partial charge in [-0.2, -0.15) is 0 Å². The number of rotatable bonds is 4. The molecule has 7 heteroatoms. The number of furan rings is 1. The maximum absolute atomic E-state index is 12.5. The van der Waals surface area contributed by atoms with Crippen molar-refractivity contribution < 1.29 is 22.4 Å². The monoisotopic (exact) mass is 395 g/mol. The Bertz CT molecular complexity index is 1300. The highest BCUT2D eigenvalue weighted by Crippen LogP contribution is 2.31. The molecule has 0 fully saturated rings. The molecule has 0 atom stereocenters. The predicted octanol–water partition coefficient (Wildman–Crippen LogP) is 4.06. The van der Waals surface area contributed by atoms with E-state index >= 15 is 0 Å². The van der Waals surface area contributed by atoms with Gasteiger partial charge in [0.2, 0.25) is 10.0 Å². The third-order valence-corrected chi connectivity index (χ3v) is 6.22. The van der Waals surface area contributed by atoms with Crippen LogP contribution in [0.5, 0.6) is 5.75 Å². The van der Waals surface area contributed by atoms with Crippen molar-refractivity contribution in [1.29, 1.82) is 0 Å². The van der Waals surface area contributed by atoms with Crippen molar-refractivity contribution in [3.63, 3.8) is 0 Å². The predicted molar refractivity (Wildman–Crippen MR) is 106 cm³/mol. The van der Waals surface area contributed by atoms with E-state index in [0.717, 1.165) is 20.7 Å². The lowest BCUT2D eigenvalue weighted by atomic mass is 10.1. The Morgan fingerprint density at radius 2 is 1.64 bits per heavy atom. The summed E-state index contributed by atoms with van der Waals surface area (Å²) < 4.78 is 36.9. The van der Waals surface area contributed by atoms with Crippen LogP contribution in [0.3, 0.4) is 0 Å². The highest BCUT2D eigenvalue weighted by Gasteiger charge is 2.19. The number of fused-ring (bicyclic) bond motifs is 3. The van der Waals surface area contributed by atoms with E-state index in [1.165, 1.54) is 38.4 Å². The summed E-state index contributed by atoms with van der Waals surface area (Å²) in [6.45, 7) is 0. The summed E-state index contributed by atoms with van der Waals surface area (Å²) >= 11 is 0. The Labute approximate surface area is 162 Å². The lowest BCUT2D eigenvalue weighted by Crippen LogP contribution is -2.22. The number of carbonyl (C=O) groups is 1.